The van der Waals surface area contributed by atoms with Crippen LogP contribution in [0, 0.1) is 0 Å². The van der Waals surface area contributed by atoms with Gasteiger partial charge in [0.2, 0.25) is 0 Å². The molecule has 0 aliphatic carbocycles. The first-order valence-corrected chi connectivity index (χ1v) is 6.18. The van der Waals surface area contributed by atoms with E-state index in [0.717, 1.165) is 12.1 Å². The van der Waals surface area contributed by atoms with Gasteiger partial charge in [0.1, 0.15) is 0 Å². The van der Waals surface area contributed by atoms with Crippen LogP contribution in [0.25, 0.3) is 0 Å². The Morgan fingerprint density at radius 1 is 1.35 bits per heavy atom. The SMILES string of the molecule is CCC(C)n1c(C(C)(C)C)ccc(CO)c1=O. The standard InChI is InChI=1S/C14H23NO2/c1-6-10(2)15-12(14(3,4)5)8-7-11(9-16)13(15)17/h7-8,10,16H,6,9H2,1-5H3. The third kappa shape index (κ3) is 2.78. The average molecular weight is 237 g/mol. The molecule has 0 amide bonds. The van der Waals surface area contributed by atoms with E-state index in [1.165, 1.54) is 0 Å². The first kappa shape index (κ1) is 14.0. The topological polar surface area (TPSA) is 42.2 Å². The molecule has 0 fully saturated rings. The Labute approximate surface area is 103 Å². The van der Waals surface area contributed by atoms with E-state index in [-0.39, 0.29) is 23.6 Å². The third-order valence-electron chi connectivity index (χ3n) is 3.17. The fraction of sp³-hybridized carbons (Fsp3) is 0.643. The van der Waals surface area contributed by atoms with Crippen molar-refractivity contribution >= 4 is 0 Å². The molecule has 0 spiro atoms. The Balaban J connectivity index is 3.53. The quantitative estimate of drug-likeness (QED) is 0.878. The van der Waals surface area contributed by atoms with Crippen molar-refractivity contribution in [3.05, 3.63) is 33.7 Å². The molecule has 1 atom stereocenters. The van der Waals surface area contributed by atoms with Crippen molar-refractivity contribution < 1.29 is 5.11 Å². The fourth-order valence-corrected chi connectivity index (χ4v) is 1.95. The summed E-state index contributed by atoms with van der Waals surface area (Å²) in [5.74, 6) is 0. The van der Waals surface area contributed by atoms with Gasteiger partial charge < -0.3 is 9.67 Å². The van der Waals surface area contributed by atoms with Crippen molar-refractivity contribution in [1.29, 1.82) is 0 Å². The molecule has 1 aromatic rings. The van der Waals surface area contributed by atoms with Crippen LogP contribution < -0.4 is 5.56 Å². The molecule has 0 saturated carbocycles. The smallest absolute Gasteiger partial charge is 0.256 e. The van der Waals surface area contributed by atoms with Crippen molar-refractivity contribution in [2.45, 2.75) is 59.1 Å². The molecule has 1 rings (SSSR count). The molecule has 0 aliphatic rings. The molecule has 0 radical (unpaired) electrons. The Morgan fingerprint density at radius 3 is 2.35 bits per heavy atom. The van der Waals surface area contributed by atoms with Crippen LogP contribution in [0.3, 0.4) is 0 Å². The minimum Gasteiger partial charge on any atom is -0.391 e. The van der Waals surface area contributed by atoms with Gasteiger partial charge in [0.15, 0.2) is 0 Å². The molecular formula is C14H23NO2. The van der Waals surface area contributed by atoms with Gasteiger partial charge in [0, 0.05) is 22.7 Å². The van der Waals surface area contributed by atoms with Crippen LogP contribution in [0.1, 0.15) is 58.3 Å². The highest BCUT2D eigenvalue weighted by atomic mass is 16.3. The molecule has 3 heteroatoms. The maximum absolute atomic E-state index is 12.3. The normalized spacial score (nSPS) is 13.8. The van der Waals surface area contributed by atoms with Crippen LogP contribution in [-0.4, -0.2) is 9.67 Å². The summed E-state index contributed by atoms with van der Waals surface area (Å²) in [6.07, 6.45) is 0.901. The van der Waals surface area contributed by atoms with E-state index in [1.807, 2.05) is 17.6 Å². The summed E-state index contributed by atoms with van der Waals surface area (Å²) in [5.41, 5.74) is 1.36. The second kappa shape index (κ2) is 5.05. The van der Waals surface area contributed by atoms with Crippen LogP contribution in [0.5, 0.6) is 0 Å². The summed E-state index contributed by atoms with van der Waals surface area (Å²) in [5, 5.41) is 9.18. The molecule has 1 N–H and O–H groups in total. The van der Waals surface area contributed by atoms with Crippen LogP contribution in [0.2, 0.25) is 0 Å². The lowest BCUT2D eigenvalue weighted by atomic mass is 9.90. The van der Waals surface area contributed by atoms with Crippen molar-refractivity contribution in [2.24, 2.45) is 0 Å². The van der Waals surface area contributed by atoms with Gasteiger partial charge in [-0.15, -0.1) is 0 Å². The first-order valence-electron chi connectivity index (χ1n) is 6.18. The fourth-order valence-electron chi connectivity index (χ4n) is 1.95. The summed E-state index contributed by atoms with van der Waals surface area (Å²) >= 11 is 0. The van der Waals surface area contributed by atoms with Crippen molar-refractivity contribution in [2.75, 3.05) is 0 Å². The number of pyridine rings is 1. The van der Waals surface area contributed by atoms with E-state index in [9.17, 15) is 9.90 Å². The molecule has 0 saturated heterocycles. The van der Waals surface area contributed by atoms with Gasteiger partial charge in [-0.05, 0) is 25.5 Å². The van der Waals surface area contributed by atoms with Crippen LogP contribution in [0.4, 0.5) is 0 Å². The number of rotatable bonds is 3. The van der Waals surface area contributed by atoms with Gasteiger partial charge in [0.05, 0.1) is 6.61 Å². The number of aliphatic hydroxyl groups is 1. The zero-order chi connectivity index (χ0) is 13.2. The molecule has 0 bridgehead atoms. The predicted octanol–water partition coefficient (Wildman–Crippen LogP) is 2.61. The number of hydrogen-bond donors (Lipinski definition) is 1. The Hall–Kier alpha value is -1.09. The minimum atomic E-state index is -0.195. The lowest BCUT2D eigenvalue weighted by molar-refractivity contribution is 0.277. The summed E-state index contributed by atoms with van der Waals surface area (Å²) in [6.45, 7) is 10.2. The number of hydrogen-bond acceptors (Lipinski definition) is 2. The van der Waals surface area contributed by atoms with Gasteiger partial charge in [-0.3, -0.25) is 4.79 Å². The zero-order valence-electron chi connectivity index (χ0n) is 11.4. The average Bonchev–Trinajstić information content (AvgIpc) is 2.26. The summed E-state index contributed by atoms with van der Waals surface area (Å²) in [4.78, 5) is 12.3. The minimum absolute atomic E-state index is 0.0609. The second-order valence-electron chi connectivity index (χ2n) is 5.58. The van der Waals surface area contributed by atoms with Gasteiger partial charge in [-0.2, -0.15) is 0 Å². The van der Waals surface area contributed by atoms with Gasteiger partial charge in [0.25, 0.3) is 5.56 Å². The molecule has 17 heavy (non-hydrogen) atoms. The Kier molecular flexibility index (Phi) is 4.15. The monoisotopic (exact) mass is 237 g/mol. The van der Waals surface area contributed by atoms with Gasteiger partial charge >= 0.3 is 0 Å². The van der Waals surface area contributed by atoms with Crippen LogP contribution >= 0.6 is 0 Å². The molecule has 1 aromatic heterocycles. The number of aliphatic hydroxyl groups excluding tert-OH is 1. The maximum Gasteiger partial charge on any atom is 0.256 e. The molecule has 0 aliphatic heterocycles. The lowest BCUT2D eigenvalue weighted by Gasteiger charge is -2.27. The van der Waals surface area contributed by atoms with Crippen LogP contribution in [0.15, 0.2) is 16.9 Å². The van der Waals surface area contributed by atoms with Crippen LogP contribution in [-0.2, 0) is 12.0 Å². The largest absolute Gasteiger partial charge is 0.391 e. The number of nitrogens with zero attached hydrogens (tertiary/aromatic N) is 1. The van der Waals surface area contributed by atoms with Crippen molar-refractivity contribution in [1.82, 2.24) is 4.57 Å². The zero-order valence-corrected chi connectivity index (χ0v) is 11.4. The lowest BCUT2D eigenvalue weighted by Crippen LogP contribution is -2.33. The summed E-state index contributed by atoms with van der Waals surface area (Å²) in [7, 11) is 0. The van der Waals surface area contributed by atoms with Gasteiger partial charge in [-0.1, -0.05) is 27.7 Å². The Morgan fingerprint density at radius 2 is 1.94 bits per heavy atom. The van der Waals surface area contributed by atoms with E-state index in [1.54, 1.807) is 6.07 Å². The summed E-state index contributed by atoms with van der Waals surface area (Å²) in [6, 6.07) is 3.85. The molecule has 0 aromatic carbocycles. The molecule has 96 valence electrons. The van der Waals surface area contributed by atoms with E-state index in [0.29, 0.717) is 5.56 Å². The number of aromatic nitrogens is 1. The maximum atomic E-state index is 12.3. The first-order chi connectivity index (χ1) is 7.82. The highest BCUT2D eigenvalue weighted by molar-refractivity contribution is 5.21. The third-order valence-corrected chi connectivity index (χ3v) is 3.17. The van der Waals surface area contributed by atoms with Crippen molar-refractivity contribution in [3.8, 4) is 0 Å². The molecule has 1 heterocycles. The molecular weight excluding hydrogens is 214 g/mol. The highest BCUT2D eigenvalue weighted by Gasteiger charge is 2.22. The van der Waals surface area contributed by atoms with Crippen molar-refractivity contribution in [3.63, 3.8) is 0 Å². The summed E-state index contributed by atoms with van der Waals surface area (Å²) < 4.78 is 1.82. The predicted molar refractivity (Wildman–Crippen MR) is 70.3 cm³/mol. The molecule has 3 nitrogen and oxygen atoms in total. The van der Waals surface area contributed by atoms with E-state index in [4.69, 9.17) is 0 Å². The molecule has 1 unspecified atom stereocenters. The van der Waals surface area contributed by atoms with E-state index < -0.39 is 0 Å². The Bertz CT molecular complexity index is 441. The second-order valence-corrected chi connectivity index (χ2v) is 5.58. The van der Waals surface area contributed by atoms with Gasteiger partial charge in [-0.25, -0.2) is 0 Å². The highest BCUT2D eigenvalue weighted by Crippen LogP contribution is 2.24. The van der Waals surface area contributed by atoms with E-state index >= 15 is 0 Å². The van der Waals surface area contributed by atoms with E-state index in [2.05, 4.69) is 27.7 Å².